The Morgan fingerprint density at radius 2 is 2.27 bits per heavy atom. The van der Waals surface area contributed by atoms with Gasteiger partial charge < -0.3 is 9.84 Å². The minimum atomic E-state index is -0.439. The van der Waals surface area contributed by atoms with Crippen LogP contribution in [0.25, 0.3) is 0 Å². The van der Waals surface area contributed by atoms with Crippen molar-refractivity contribution in [3.8, 4) is 11.5 Å². The smallest absolute Gasteiger partial charge is 0.147 e. The highest BCUT2D eigenvalue weighted by atomic mass is 79.9. The zero-order valence-electron chi connectivity index (χ0n) is 8.66. The molecule has 3 nitrogen and oxygen atoms in total. The van der Waals surface area contributed by atoms with Crippen LogP contribution < -0.4 is 4.74 Å². The van der Waals surface area contributed by atoms with Crippen molar-refractivity contribution in [1.29, 1.82) is 0 Å². The summed E-state index contributed by atoms with van der Waals surface area (Å²) in [7, 11) is 0. The molecular formula is C11H13BrO3. The van der Waals surface area contributed by atoms with E-state index in [2.05, 4.69) is 15.9 Å². The first kappa shape index (κ1) is 12.0. The molecular weight excluding hydrogens is 260 g/mol. The summed E-state index contributed by atoms with van der Waals surface area (Å²) < 4.78 is 5.37. The van der Waals surface area contributed by atoms with E-state index in [9.17, 15) is 9.90 Å². The Hall–Kier alpha value is -1.03. The number of carbonyl (C=O) groups excluding carboxylic acids is 1. The van der Waals surface area contributed by atoms with E-state index in [0.29, 0.717) is 17.9 Å². The molecule has 0 aliphatic rings. The normalized spacial score (nSPS) is 12.2. The Morgan fingerprint density at radius 3 is 2.80 bits per heavy atom. The molecule has 1 aromatic carbocycles. The minimum Gasteiger partial charge on any atom is -0.508 e. The average molecular weight is 273 g/mol. The number of hydrogen-bond donors (Lipinski definition) is 1. The minimum absolute atomic E-state index is 0.0263. The molecule has 0 aromatic heterocycles. The lowest BCUT2D eigenvalue weighted by Crippen LogP contribution is -2.04. The second-order valence-corrected chi connectivity index (χ2v) is 4.04. The Kier molecular flexibility index (Phi) is 4.15. The van der Waals surface area contributed by atoms with E-state index in [1.807, 2.05) is 6.92 Å². The van der Waals surface area contributed by atoms with Gasteiger partial charge in [-0.1, -0.05) is 15.9 Å². The third kappa shape index (κ3) is 2.96. The van der Waals surface area contributed by atoms with Crippen molar-refractivity contribution < 1.29 is 14.6 Å². The number of ether oxygens (including phenoxy) is 1. The molecule has 0 saturated heterocycles. The standard InChI is InChI=1S/C11H13BrO3/c1-3-15-10-5-4-8(14)6-9(10)11(12)7(2)13/h4-6,11,14H,3H2,1-2H3. The van der Waals surface area contributed by atoms with Crippen LogP contribution in [-0.4, -0.2) is 17.5 Å². The highest BCUT2D eigenvalue weighted by molar-refractivity contribution is 9.09. The number of alkyl halides is 1. The monoisotopic (exact) mass is 272 g/mol. The van der Waals surface area contributed by atoms with E-state index >= 15 is 0 Å². The SMILES string of the molecule is CCOc1ccc(O)cc1C(Br)C(C)=O. The van der Waals surface area contributed by atoms with Gasteiger partial charge in [-0.15, -0.1) is 0 Å². The van der Waals surface area contributed by atoms with Crippen LogP contribution in [0.15, 0.2) is 18.2 Å². The van der Waals surface area contributed by atoms with Crippen LogP contribution in [0.4, 0.5) is 0 Å². The number of phenolic OH excluding ortho intramolecular Hbond substituents is 1. The van der Waals surface area contributed by atoms with E-state index in [-0.39, 0.29) is 11.5 Å². The molecule has 0 fully saturated rings. The maximum atomic E-state index is 11.2. The number of hydrogen-bond acceptors (Lipinski definition) is 3. The largest absolute Gasteiger partial charge is 0.508 e. The van der Waals surface area contributed by atoms with Gasteiger partial charge in [0.1, 0.15) is 22.1 Å². The van der Waals surface area contributed by atoms with E-state index in [1.165, 1.54) is 19.1 Å². The van der Waals surface area contributed by atoms with E-state index in [1.54, 1.807) is 6.07 Å². The summed E-state index contributed by atoms with van der Waals surface area (Å²) in [5, 5.41) is 9.35. The van der Waals surface area contributed by atoms with Crippen LogP contribution in [0.5, 0.6) is 11.5 Å². The first-order chi connectivity index (χ1) is 7.06. The van der Waals surface area contributed by atoms with Crippen LogP contribution in [0.2, 0.25) is 0 Å². The van der Waals surface area contributed by atoms with Gasteiger partial charge in [-0.25, -0.2) is 0 Å². The lowest BCUT2D eigenvalue weighted by Gasteiger charge is -2.13. The third-order valence-corrected chi connectivity index (χ3v) is 3.06. The molecule has 0 bridgehead atoms. The first-order valence-corrected chi connectivity index (χ1v) is 5.58. The fourth-order valence-corrected chi connectivity index (χ4v) is 1.60. The quantitative estimate of drug-likeness (QED) is 0.858. The third-order valence-electron chi connectivity index (χ3n) is 1.92. The van der Waals surface area contributed by atoms with Crippen molar-refractivity contribution in [3.63, 3.8) is 0 Å². The molecule has 0 amide bonds. The Morgan fingerprint density at radius 1 is 1.60 bits per heavy atom. The van der Waals surface area contributed by atoms with Gasteiger partial charge in [0.25, 0.3) is 0 Å². The lowest BCUT2D eigenvalue weighted by molar-refractivity contribution is -0.116. The lowest BCUT2D eigenvalue weighted by atomic mass is 10.1. The van der Waals surface area contributed by atoms with Crippen molar-refractivity contribution in [2.75, 3.05) is 6.61 Å². The Bertz CT molecular complexity index is 363. The second-order valence-electron chi connectivity index (χ2n) is 3.13. The molecule has 1 unspecified atom stereocenters. The highest BCUT2D eigenvalue weighted by Gasteiger charge is 2.18. The van der Waals surface area contributed by atoms with Gasteiger partial charge in [0.15, 0.2) is 0 Å². The predicted molar refractivity (Wildman–Crippen MR) is 61.6 cm³/mol. The van der Waals surface area contributed by atoms with Gasteiger partial charge in [-0.05, 0) is 32.0 Å². The van der Waals surface area contributed by atoms with Crippen LogP contribution in [-0.2, 0) is 4.79 Å². The molecule has 1 N–H and O–H groups in total. The Labute approximate surface area is 97.2 Å². The number of halogens is 1. The van der Waals surface area contributed by atoms with Crippen molar-refractivity contribution in [2.45, 2.75) is 18.7 Å². The van der Waals surface area contributed by atoms with Gasteiger partial charge in [0.2, 0.25) is 0 Å². The molecule has 0 saturated carbocycles. The number of ketones is 1. The summed E-state index contributed by atoms with van der Waals surface area (Å²) in [6.45, 7) is 3.88. The molecule has 82 valence electrons. The average Bonchev–Trinajstić information content (AvgIpc) is 2.20. The van der Waals surface area contributed by atoms with Crippen molar-refractivity contribution in [3.05, 3.63) is 23.8 Å². The molecule has 1 atom stereocenters. The van der Waals surface area contributed by atoms with Crippen LogP contribution >= 0.6 is 15.9 Å². The van der Waals surface area contributed by atoms with Crippen molar-refractivity contribution >= 4 is 21.7 Å². The summed E-state index contributed by atoms with van der Waals surface area (Å²) in [5.74, 6) is 0.716. The number of rotatable bonds is 4. The van der Waals surface area contributed by atoms with Gasteiger partial charge >= 0.3 is 0 Å². The number of phenols is 1. The molecule has 1 rings (SSSR count). The molecule has 1 aromatic rings. The van der Waals surface area contributed by atoms with Gasteiger partial charge in [-0.2, -0.15) is 0 Å². The molecule has 4 heteroatoms. The van der Waals surface area contributed by atoms with Gasteiger partial charge in [-0.3, -0.25) is 4.79 Å². The Balaban J connectivity index is 3.11. The number of benzene rings is 1. The second kappa shape index (κ2) is 5.16. The maximum Gasteiger partial charge on any atom is 0.147 e. The molecule has 0 spiro atoms. The van der Waals surface area contributed by atoms with E-state index < -0.39 is 4.83 Å². The zero-order valence-corrected chi connectivity index (χ0v) is 10.2. The van der Waals surface area contributed by atoms with Crippen LogP contribution in [0.1, 0.15) is 24.2 Å². The fourth-order valence-electron chi connectivity index (χ4n) is 1.24. The van der Waals surface area contributed by atoms with E-state index in [4.69, 9.17) is 4.74 Å². The summed E-state index contributed by atoms with van der Waals surface area (Å²) in [6, 6.07) is 4.73. The fraction of sp³-hybridized carbons (Fsp3) is 0.364. The van der Waals surface area contributed by atoms with Crippen molar-refractivity contribution in [1.82, 2.24) is 0 Å². The summed E-state index contributed by atoms with van der Waals surface area (Å²) >= 11 is 3.26. The van der Waals surface area contributed by atoms with Crippen LogP contribution in [0.3, 0.4) is 0 Å². The molecule has 0 aliphatic carbocycles. The first-order valence-electron chi connectivity index (χ1n) is 4.66. The topological polar surface area (TPSA) is 46.5 Å². The predicted octanol–water partition coefficient (Wildman–Crippen LogP) is 2.82. The molecule has 0 radical (unpaired) electrons. The summed E-state index contributed by atoms with van der Waals surface area (Å²) in [6.07, 6.45) is 0. The number of aromatic hydroxyl groups is 1. The van der Waals surface area contributed by atoms with Crippen LogP contribution in [0, 0.1) is 0 Å². The number of Topliss-reactive ketones (excluding diaryl/α,β-unsaturated/α-hetero) is 1. The maximum absolute atomic E-state index is 11.2. The number of carbonyl (C=O) groups is 1. The molecule has 0 aliphatic heterocycles. The molecule has 15 heavy (non-hydrogen) atoms. The molecule has 0 heterocycles. The van der Waals surface area contributed by atoms with Gasteiger partial charge in [0.05, 0.1) is 6.61 Å². The van der Waals surface area contributed by atoms with E-state index in [0.717, 1.165) is 0 Å². The summed E-state index contributed by atoms with van der Waals surface area (Å²) in [5.41, 5.74) is 0.657. The highest BCUT2D eigenvalue weighted by Crippen LogP contribution is 2.34. The zero-order chi connectivity index (χ0) is 11.4. The van der Waals surface area contributed by atoms with Gasteiger partial charge in [0, 0.05) is 5.56 Å². The summed E-state index contributed by atoms with van der Waals surface area (Å²) in [4.78, 5) is 10.8. The van der Waals surface area contributed by atoms with Crippen molar-refractivity contribution in [2.24, 2.45) is 0 Å².